The van der Waals surface area contributed by atoms with E-state index in [0.29, 0.717) is 11.6 Å². The molecule has 2 unspecified atom stereocenters. The molecule has 1 spiro atoms. The molecule has 1 saturated carbocycles. The van der Waals surface area contributed by atoms with Crippen molar-refractivity contribution in [3.8, 4) is 0 Å². The average molecular weight is 272 g/mol. The molecule has 0 radical (unpaired) electrons. The van der Waals surface area contributed by atoms with Crippen LogP contribution >= 0.6 is 0 Å². The second-order valence-corrected chi connectivity index (χ2v) is 7.71. The predicted molar refractivity (Wildman–Crippen MR) is 78.4 cm³/mol. The summed E-state index contributed by atoms with van der Waals surface area (Å²) in [6.07, 6.45) is 9.59. The van der Waals surface area contributed by atoms with Gasteiger partial charge in [-0.2, -0.15) is 0 Å². The van der Waals surface area contributed by atoms with E-state index < -0.39 is 10.8 Å². The van der Waals surface area contributed by atoms with Gasteiger partial charge in [-0.3, -0.25) is 9.11 Å². The molecule has 0 bridgehead atoms. The maximum atomic E-state index is 11.2. The summed E-state index contributed by atoms with van der Waals surface area (Å²) >= 11 is 0. The fourth-order valence-corrected chi connectivity index (χ4v) is 4.11. The Bertz CT molecular complexity index is 290. The summed E-state index contributed by atoms with van der Waals surface area (Å²) in [5.41, 5.74) is 0.399. The van der Waals surface area contributed by atoms with E-state index in [1.165, 1.54) is 51.7 Å². The van der Waals surface area contributed by atoms with E-state index in [9.17, 15) is 4.21 Å². The standard InChI is InChI=1S/C14H28N2OS/c1-13(6-11-18(2)17)16-10-5-9-15-14(12-16)7-3-4-8-14/h13,15H,3-12H2,1-2H3. The smallest absolute Gasteiger partial charge is 0.0308 e. The lowest BCUT2D eigenvalue weighted by atomic mass is 9.96. The molecule has 2 fully saturated rings. The molecule has 2 atom stereocenters. The number of hydrogen-bond donors (Lipinski definition) is 1. The fourth-order valence-electron chi connectivity index (χ4n) is 3.44. The van der Waals surface area contributed by atoms with Crippen LogP contribution in [0.15, 0.2) is 0 Å². The van der Waals surface area contributed by atoms with E-state index in [0.717, 1.165) is 12.2 Å². The summed E-state index contributed by atoms with van der Waals surface area (Å²) in [5.74, 6) is 0.845. The minimum Gasteiger partial charge on any atom is -0.310 e. The first-order chi connectivity index (χ1) is 8.61. The van der Waals surface area contributed by atoms with Crippen molar-refractivity contribution < 1.29 is 4.21 Å². The van der Waals surface area contributed by atoms with Gasteiger partial charge in [0, 0.05) is 40.9 Å². The van der Waals surface area contributed by atoms with E-state index in [2.05, 4.69) is 17.1 Å². The zero-order valence-electron chi connectivity index (χ0n) is 11.9. The Hall–Kier alpha value is 0.0700. The van der Waals surface area contributed by atoms with Gasteiger partial charge in [-0.15, -0.1) is 0 Å². The molecule has 106 valence electrons. The second-order valence-electron chi connectivity index (χ2n) is 6.15. The Labute approximate surface area is 114 Å². The first kappa shape index (κ1) is 14.5. The Morgan fingerprint density at radius 1 is 1.33 bits per heavy atom. The van der Waals surface area contributed by atoms with E-state index >= 15 is 0 Å². The van der Waals surface area contributed by atoms with Gasteiger partial charge in [0.1, 0.15) is 0 Å². The molecule has 2 aliphatic rings. The molecular weight excluding hydrogens is 244 g/mol. The Morgan fingerprint density at radius 2 is 2.06 bits per heavy atom. The molecule has 2 rings (SSSR count). The highest BCUT2D eigenvalue weighted by molar-refractivity contribution is 7.84. The maximum absolute atomic E-state index is 11.2. The summed E-state index contributed by atoms with van der Waals surface area (Å²) in [4.78, 5) is 2.64. The highest BCUT2D eigenvalue weighted by Crippen LogP contribution is 2.32. The molecular formula is C14H28N2OS. The lowest BCUT2D eigenvalue weighted by Crippen LogP contribution is -2.51. The lowest BCUT2D eigenvalue weighted by molar-refractivity contribution is 0.162. The van der Waals surface area contributed by atoms with E-state index in [-0.39, 0.29) is 0 Å². The van der Waals surface area contributed by atoms with Crippen LogP contribution in [-0.4, -0.2) is 52.3 Å². The van der Waals surface area contributed by atoms with Crippen LogP contribution in [0.2, 0.25) is 0 Å². The van der Waals surface area contributed by atoms with Crippen molar-refractivity contribution in [3.05, 3.63) is 0 Å². The quantitative estimate of drug-likeness (QED) is 0.846. The molecule has 1 aliphatic heterocycles. The van der Waals surface area contributed by atoms with Crippen LogP contribution in [-0.2, 0) is 10.8 Å². The largest absolute Gasteiger partial charge is 0.310 e. The van der Waals surface area contributed by atoms with Gasteiger partial charge in [-0.25, -0.2) is 0 Å². The number of nitrogens with one attached hydrogen (secondary N) is 1. The van der Waals surface area contributed by atoms with Gasteiger partial charge in [0.05, 0.1) is 0 Å². The number of nitrogens with zero attached hydrogens (tertiary/aromatic N) is 1. The van der Waals surface area contributed by atoms with Crippen LogP contribution in [0.1, 0.15) is 45.4 Å². The summed E-state index contributed by atoms with van der Waals surface area (Å²) < 4.78 is 11.2. The predicted octanol–water partition coefficient (Wildman–Crippen LogP) is 1.75. The average Bonchev–Trinajstić information content (AvgIpc) is 2.67. The minimum atomic E-state index is -0.648. The van der Waals surface area contributed by atoms with Crippen molar-refractivity contribution in [2.45, 2.75) is 57.0 Å². The van der Waals surface area contributed by atoms with Gasteiger partial charge in [-0.1, -0.05) is 12.8 Å². The Balaban J connectivity index is 1.92. The molecule has 0 aromatic rings. The van der Waals surface area contributed by atoms with Crippen molar-refractivity contribution in [3.63, 3.8) is 0 Å². The Kier molecular flexibility index (Phi) is 5.22. The van der Waals surface area contributed by atoms with E-state index in [1.807, 2.05) is 6.26 Å². The number of hydrogen-bond acceptors (Lipinski definition) is 3. The van der Waals surface area contributed by atoms with Crippen molar-refractivity contribution in [2.75, 3.05) is 31.6 Å². The fraction of sp³-hybridized carbons (Fsp3) is 1.00. The van der Waals surface area contributed by atoms with Crippen LogP contribution < -0.4 is 5.32 Å². The van der Waals surface area contributed by atoms with Crippen LogP contribution in [0.25, 0.3) is 0 Å². The topological polar surface area (TPSA) is 32.3 Å². The first-order valence-electron chi connectivity index (χ1n) is 7.40. The number of rotatable bonds is 4. The third kappa shape index (κ3) is 3.78. The second kappa shape index (κ2) is 6.49. The summed E-state index contributed by atoms with van der Waals surface area (Å²) in [5, 5.41) is 3.81. The zero-order chi connectivity index (χ0) is 13.0. The third-order valence-electron chi connectivity index (χ3n) is 4.63. The zero-order valence-corrected chi connectivity index (χ0v) is 12.7. The molecule has 18 heavy (non-hydrogen) atoms. The van der Waals surface area contributed by atoms with Crippen LogP contribution in [0.5, 0.6) is 0 Å². The first-order valence-corrected chi connectivity index (χ1v) is 9.13. The molecule has 1 aliphatic carbocycles. The third-order valence-corrected chi connectivity index (χ3v) is 5.45. The van der Waals surface area contributed by atoms with Crippen LogP contribution in [0, 0.1) is 0 Å². The van der Waals surface area contributed by atoms with Gasteiger partial charge >= 0.3 is 0 Å². The Morgan fingerprint density at radius 3 is 2.72 bits per heavy atom. The maximum Gasteiger partial charge on any atom is 0.0308 e. The summed E-state index contributed by atoms with van der Waals surface area (Å²) in [7, 11) is -0.648. The van der Waals surface area contributed by atoms with Crippen molar-refractivity contribution in [1.82, 2.24) is 10.2 Å². The molecule has 1 N–H and O–H groups in total. The van der Waals surface area contributed by atoms with Crippen LogP contribution in [0.3, 0.4) is 0 Å². The lowest BCUT2D eigenvalue weighted by Gasteiger charge is -2.36. The van der Waals surface area contributed by atoms with E-state index in [4.69, 9.17) is 0 Å². The molecule has 3 nitrogen and oxygen atoms in total. The van der Waals surface area contributed by atoms with Crippen LogP contribution in [0.4, 0.5) is 0 Å². The van der Waals surface area contributed by atoms with Gasteiger partial charge in [0.25, 0.3) is 0 Å². The van der Waals surface area contributed by atoms with E-state index in [1.54, 1.807) is 0 Å². The highest BCUT2D eigenvalue weighted by Gasteiger charge is 2.37. The molecule has 4 heteroatoms. The van der Waals surface area contributed by atoms with Gasteiger partial charge in [-0.05, 0) is 45.7 Å². The minimum absolute atomic E-state index is 0.399. The van der Waals surface area contributed by atoms with Crippen molar-refractivity contribution in [1.29, 1.82) is 0 Å². The monoisotopic (exact) mass is 272 g/mol. The summed E-state index contributed by atoms with van der Waals surface area (Å²) in [6, 6.07) is 0.575. The molecule has 0 aromatic heterocycles. The molecule has 0 aromatic carbocycles. The SMILES string of the molecule is CC(CCS(C)=O)N1CCCNC2(CCCC2)C1. The van der Waals surface area contributed by atoms with Gasteiger partial charge in [0.15, 0.2) is 0 Å². The summed E-state index contributed by atoms with van der Waals surface area (Å²) in [6.45, 7) is 5.88. The highest BCUT2D eigenvalue weighted by atomic mass is 32.2. The van der Waals surface area contributed by atoms with Gasteiger partial charge in [0.2, 0.25) is 0 Å². The molecule has 0 amide bonds. The molecule has 1 saturated heterocycles. The van der Waals surface area contributed by atoms with Crippen molar-refractivity contribution >= 4 is 10.8 Å². The van der Waals surface area contributed by atoms with Gasteiger partial charge < -0.3 is 5.32 Å². The normalized spacial score (nSPS) is 28.1. The van der Waals surface area contributed by atoms with Crippen molar-refractivity contribution in [2.24, 2.45) is 0 Å². The molecule has 1 heterocycles.